The van der Waals surface area contributed by atoms with E-state index in [9.17, 15) is 0 Å². The highest BCUT2D eigenvalue weighted by Crippen LogP contribution is 2.27. The third kappa shape index (κ3) is 3.40. The van der Waals surface area contributed by atoms with Gasteiger partial charge in [0.05, 0.1) is 12.0 Å². The molecule has 3 nitrogen and oxygen atoms in total. The largest absolute Gasteiger partial charge is 0.378 e. The zero-order valence-electron chi connectivity index (χ0n) is 12.1. The molecule has 106 valence electrons. The minimum Gasteiger partial charge on any atom is -0.378 e. The summed E-state index contributed by atoms with van der Waals surface area (Å²) in [5.74, 6) is 1.60. The smallest absolute Gasteiger partial charge is 0.133 e. The van der Waals surface area contributed by atoms with E-state index in [0.29, 0.717) is 12.0 Å². The lowest BCUT2D eigenvalue weighted by atomic mass is 10.1. The molecule has 1 aliphatic heterocycles. The SMILES string of the molecule is CCOC1CCN(c2nc(C)cc(C)c2CCl)CC1. The Hall–Kier alpha value is -0.800. The van der Waals surface area contributed by atoms with E-state index < -0.39 is 0 Å². The van der Waals surface area contributed by atoms with Crippen molar-refractivity contribution in [3.8, 4) is 0 Å². The van der Waals surface area contributed by atoms with Crippen LogP contribution in [0.4, 0.5) is 5.82 Å². The second-order valence-electron chi connectivity index (χ2n) is 5.16. The minimum absolute atomic E-state index is 0.409. The standard InChI is InChI=1S/C15H23ClN2O/c1-4-19-13-5-7-18(8-6-13)15-14(10-16)11(2)9-12(3)17-15/h9,13H,4-8,10H2,1-3H3. The number of pyridine rings is 1. The first kappa shape index (κ1) is 14.6. The number of anilines is 1. The van der Waals surface area contributed by atoms with Gasteiger partial charge in [0.1, 0.15) is 5.82 Å². The third-order valence-corrected chi connectivity index (χ3v) is 4.00. The van der Waals surface area contributed by atoms with Crippen molar-refractivity contribution in [3.05, 3.63) is 22.9 Å². The predicted octanol–water partition coefficient (Wildman–Crippen LogP) is 3.44. The first-order chi connectivity index (χ1) is 9.15. The summed E-state index contributed by atoms with van der Waals surface area (Å²) in [6.07, 6.45) is 2.56. The maximum absolute atomic E-state index is 6.10. The number of ether oxygens (including phenoxy) is 1. The topological polar surface area (TPSA) is 25.4 Å². The second-order valence-corrected chi connectivity index (χ2v) is 5.43. The fraction of sp³-hybridized carbons (Fsp3) is 0.667. The Bertz CT molecular complexity index is 428. The van der Waals surface area contributed by atoms with Crippen molar-refractivity contribution in [2.45, 2.75) is 45.6 Å². The van der Waals surface area contributed by atoms with Crippen LogP contribution in [0.2, 0.25) is 0 Å². The zero-order valence-corrected chi connectivity index (χ0v) is 12.8. The van der Waals surface area contributed by atoms with Crippen LogP contribution in [0.3, 0.4) is 0 Å². The molecule has 0 spiro atoms. The van der Waals surface area contributed by atoms with Crippen LogP contribution in [0.1, 0.15) is 36.6 Å². The van der Waals surface area contributed by atoms with Crippen LogP contribution in [0.25, 0.3) is 0 Å². The molecule has 19 heavy (non-hydrogen) atoms. The van der Waals surface area contributed by atoms with Crippen molar-refractivity contribution in [1.82, 2.24) is 4.98 Å². The average molecular weight is 283 g/mol. The molecule has 2 heterocycles. The van der Waals surface area contributed by atoms with Gasteiger partial charge in [-0.05, 0) is 45.2 Å². The van der Waals surface area contributed by atoms with Crippen molar-refractivity contribution in [2.24, 2.45) is 0 Å². The molecule has 0 unspecified atom stereocenters. The first-order valence-corrected chi connectivity index (χ1v) is 7.58. The van der Waals surface area contributed by atoms with E-state index in [-0.39, 0.29) is 0 Å². The van der Waals surface area contributed by atoms with Crippen molar-refractivity contribution in [3.63, 3.8) is 0 Å². The number of nitrogens with zero attached hydrogens (tertiary/aromatic N) is 2. The molecule has 4 heteroatoms. The summed E-state index contributed by atoms with van der Waals surface area (Å²) < 4.78 is 5.70. The van der Waals surface area contributed by atoms with Crippen LogP contribution in [-0.4, -0.2) is 30.8 Å². The molecule has 0 bridgehead atoms. The highest BCUT2D eigenvalue weighted by Gasteiger charge is 2.22. The summed E-state index contributed by atoms with van der Waals surface area (Å²) in [5, 5.41) is 0. The van der Waals surface area contributed by atoms with Gasteiger partial charge in [-0.25, -0.2) is 4.98 Å². The van der Waals surface area contributed by atoms with Crippen molar-refractivity contribution in [1.29, 1.82) is 0 Å². The van der Waals surface area contributed by atoms with E-state index in [1.165, 1.54) is 11.1 Å². The lowest BCUT2D eigenvalue weighted by Gasteiger charge is -2.34. The molecule has 1 saturated heterocycles. The molecule has 1 aromatic rings. The van der Waals surface area contributed by atoms with E-state index in [4.69, 9.17) is 21.3 Å². The Labute approximate surface area is 120 Å². The summed E-state index contributed by atoms with van der Waals surface area (Å²) in [5.41, 5.74) is 3.47. The summed E-state index contributed by atoms with van der Waals surface area (Å²) in [7, 11) is 0. The highest BCUT2D eigenvalue weighted by molar-refractivity contribution is 6.17. The maximum Gasteiger partial charge on any atom is 0.133 e. The van der Waals surface area contributed by atoms with Crippen LogP contribution in [0, 0.1) is 13.8 Å². The van der Waals surface area contributed by atoms with Gasteiger partial charge in [0.25, 0.3) is 0 Å². The summed E-state index contributed by atoms with van der Waals surface area (Å²) in [4.78, 5) is 7.05. The molecule has 1 aliphatic rings. The number of rotatable bonds is 4. The number of aryl methyl sites for hydroxylation is 2. The van der Waals surface area contributed by atoms with Crippen LogP contribution in [0.5, 0.6) is 0 Å². The van der Waals surface area contributed by atoms with Gasteiger partial charge in [-0.1, -0.05) is 0 Å². The van der Waals surface area contributed by atoms with Gasteiger partial charge in [-0.3, -0.25) is 0 Å². The van der Waals surface area contributed by atoms with Crippen LogP contribution in [-0.2, 0) is 10.6 Å². The average Bonchev–Trinajstić information content (AvgIpc) is 2.39. The molecule has 0 N–H and O–H groups in total. The molecule has 1 fully saturated rings. The minimum atomic E-state index is 0.409. The fourth-order valence-corrected chi connectivity index (χ4v) is 3.07. The molecular formula is C15H23ClN2O. The summed E-state index contributed by atoms with van der Waals surface area (Å²) in [6.45, 7) is 9.03. The number of piperidine rings is 1. The van der Waals surface area contributed by atoms with Gasteiger partial charge in [0.2, 0.25) is 0 Å². The normalized spacial score (nSPS) is 16.9. The van der Waals surface area contributed by atoms with Crippen molar-refractivity contribution < 1.29 is 4.74 Å². The lowest BCUT2D eigenvalue weighted by molar-refractivity contribution is 0.0458. The van der Waals surface area contributed by atoms with E-state index in [0.717, 1.165) is 44.0 Å². The molecule has 0 radical (unpaired) electrons. The molecule has 1 aromatic heterocycles. The summed E-state index contributed by atoms with van der Waals surface area (Å²) in [6, 6.07) is 2.11. The quantitative estimate of drug-likeness (QED) is 0.791. The molecule has 0 atom stereocenters. The van der Waals surface area contributed by atoms with Crippen LogP contribution >= 0.6 is 11.6 Å². The zero-order chi connectivity index (χ0) is 13.8. The lowest BCUT2D eigenvalue weighted by Crippen LogP contribution is -2.38. The second kappa shape index (κ2) is 6.58. The molecule has 0 saturated carbocycles. The number of alkyl halides is 1. The number of hydrogen-bond acceptors (Lipinski definition) is 3. The van der Waals surface area contributed by atoms with E-state index in [1.54, 1.807) is 0 Å². The van der Waals surface area contributed by atoms with Gasteiger partial charge < -0.3 is 9.64 Å². The maximum atomic E-state index is 6.10. The first-order valence-electron chi connectivity index (χ1n) is 7.05. The van der Waals surface area contributed by atoms with Crippen LogP contribution < -0.4 is 4.90 Å². The summed E-state index contributed by atoms with van der Waals surface area (Å²) >= 11 is 6.10. The highest BCUT2D eigenvalue weighted by atomic mass is 35.5. The predicted molar refractivity (Wildman–Crippen MR) is 80.1 cm³/mol. The van der Waals surface area contributed by atoms with Gasteiger partial charge in [0.15, 0.2) is 0 Å². The van der Waals surface area contributed by atoms with Crippen molar-refractivity contribution in [2.75, 3.05) is 24.6 Å². The van der Waals surface area contributed by atoms with Crippen molar-refractivity contribution >= 4 is 17.4 Å². The molecule has 0 aromatic carbocycles. The van der Waals surface area contributed by atoms with E-state index in [2.05, 4.69) is 24.8 Å². The van der Waals surface area contributed by atoms with E-state index in [1.807, 2.05) is 6.92 Å². The Morgan fingerprint density at radius 2 is 2.05 bits per heavy atom. The number of aromatic nitrogens is 1. The Balaban J connectivity index is 2.15. The van der Waals surface area contributed by atoms with Gasteiger partial charge in [0, 0.05) is 31.0 Å². The molecule has 0 aliphatic carbocycles. The molecule has 2 rings (SSSR count). The number of halogens is 1. The number of hydrogen-bond donors (Lipinski definition) is 0. The third-order valence-electron chi connectivity index (χ3n) is 3.73. The van der Waals surface area contributed by atoms with E-state index >= 15 is 0 Å². The van der Waals surface area contributed by atoms with Crippen LogP contribution in [0.15, 0.2) is 6.07 Å². The Kier molecular flexibility index (Phi) is 5.06. The monoisotopic (exact) mass is 282 g/mol. The fourth-order valence-electron chi connectivity index (χ4n) is 2.74. The van der Waals surface area contributed by atoms with Gasteiger partial charge in [-0.15, -0.1) is 11.6 Å². The Morgan fingerprint density at radius 3 is 2.63 bits per heavy atom. The molecular weight excluding hydrogens is 260 g/mol. The molecule has 0 amide bonds. The van der Waals surface area contributed by atoms with Gasteiger partial charge >= 0.3 is 0 Å². The van der Waals surface area contributed by atoms with Gasteiger partial charge in [-0.2, -0.15) is 0 Å². The Morgan fingerprint density at radius 1 is 1.37 bits per heavy atom.